The van der Waals surface area contributed by atoms with Gasteiger partial charge in [-0.1, -0.05) is 23.3 Å². The highest BCUT2D eigenvalue weighted by molar-refractivity contribution is 5.35. The minimum absolute atomic E-state index is 0.721. The predicted molar refractivity (Wildman–Crippen MR) is 60.8 cm³/mol. The topological polar surface area (TPSA) is 9.23 Å². The van der Waals surface area contributed by atoms with E-state index in [4.69, 9.17) is 4.74 Å². The molecule has 0 aliphatic heterocycles. The van der Waals surface area contributed by atoms with Crippen LogP contribution >= 0.6 is 0 Å². The lowest BCUT2D eigenvalue weighted by Gasteiger charge is -2.09. The molecule has 1 nitrogen and oxygen atoms in total. The molecule has 1 rings (SSSR count). The molecule has 0 aliphatic carbocycles. The SMILES string of the molecule is C=C(C)CCOc1ccc(C)cc1C. The molecule has 14 heavy (non-hydrogen) atoms. The molecule has 1 heteroatoms. The zero-order valence-corrected chi connectivity index (χ0v) is 9.26. The summed E-state index contributed by atoms with van der Waals surface area (Å²) in [7, 11) is 0. The fourth-order valence-electron chi connectivity index (χ4n) is 1.30. The Morgan fingerprint density at radius 3 is 2.64 bits per heavy atom. The van der Waals surface area contributed by atoms with Gasteiger partial charge < -0.3 is 4.74 Å². The van der Waals surface area contributed by atoms with Gasteiger partial charge in [-0.15, -0.1) is 6.58 Å². The van der Waals surface area contributed by atoms with Crippen LogP contribution in [0.25, 0.3) is 0 Å². The van der Waals surface area contributed by atoms with E-state index in [1.165, 1.54) is 11.1 Å². The summed E-state index contributed by atoms with van der Waals surface area (Å²) in [6, 6.07) is 6.24. The molecule has 0 aliphatic rings. The van der Waals surface area contributed by atoms with Crippen LogP contribution in [0.4, 0.5) is 0 Å². The third kappa shape index (κ3) is 3.25. The lowest BCUT2D eigenvalue weighted by molar-refractivity contribution is 0.319. The molecule has 1 aromatic rings. The van der Waals surface area contributed by atoms with E-state index in [-0.39, 0.29) is 0 Å². The molecule has 0 N–H and O–H groups in total. The normalized spacial score (nSPS) is 9.93. The van der Waals surface area contributed by atoms with E-state index in [0.29, 0.717) is 0 Å². The van der Waals surface area contributed by atoms with Crippen LogP contribution in [0.15, 0.2) is 30.4 Å². The van der Waals surface area contributed by atoms with Gasteiger partial charge in [0, 0.05) is 6.42 Å². The molecular formula is C13H18O. The fourth-order valence-corrected chi connectivity index (χ4v) is 1.30. The Labute approximate surface area is 86.4 Å². The largest absolute Gasteiger partial charge is 0.493 e. The van der Waals surface area contributed by atoms with Crippen molar-refractivity contribution in [1.29, 1.82) is 0 Å². The van der Waals surface area contributed by atoms with Crippen LogP contribution in [-0.4, -0.2) is 6.61 Å². The minimum atomic E-state index is 0.721. The summed E-state index contributed by atoms with van der Waals surface area (Å²) in [5, 5.41) is 0. The second-order valence-electron chi connectivity index (χ2n) is 3.82. The van der Waals surface area contributed by atoms with Gasteiger partial charge in [0.1, 0.15) is 5.75 Å². The highest BCUT2D eigenvalue weighted by Crippen LogP contribution is 2.18. The molecule has 0 radical (unpaired) electrons. The van der Waals surface area contributed by atoms with Crippen molar-refractivity contribution in [2.75, 3.05) is 6.61 Å². The summed E-state index contributed by atoms with van der Waals surface area (Å²) in [5.41, 5.74) is 3.64. The monoisotopic (exact) mass is 190 g/mol. The molecule has 0 aromatic heterocycles. The van der Waals surface area contributed by atoms with Crippen molar-refractivity contribution in [1.82, 2.24) is 0 Å². The summed E-state index contributed by atoms with van der Waals surface area (Å²) >= 11 is 0. The summed E-state index contributed by atoms with van der Waals surface area (Å²) in [6.45, 7) is 10.7. The van der Waals surface area contributed by atoms with Crippen LogP contribution in [-0.2, 0) is 0 Å². The standard InChI is InChI=1S/C13H18O/c1-10(2)7-8-14-13-6-5-11(3)9-12(13)4/h5-6,9H,1,7-8H2,2-4H3. The van der Waals surface area contributed by atoms with Crippen LogP contribution < -0.4 is 4.74 Å². The molecule has 1 aromatic carbocycles. The first-order chi connectivity index (χ1) is 6.59. The zero-order valence-electron chi connectivity index (χ0n) is 9.26. The van der Waals surface area contributed by atoms with Crippen LogP contribution in [0.3, 0.4) is 0 Å². The summed E-state index contributed by atoms with van der Waals surface area (Å²) in [4.78, 5) is 0. The van der Waals surface area contributed by atoms with Crippen LogP contribution in [0.1, 0.15) is 24.5 Å². The second kappa shape index (κ2) is 4.85. The van der Waals surface area contributed by atoms with E-state index in [1.54, 1.807) is 0 Å². The molecule has 0 spiro atoms. The average Bonchev–Trinajstić information content (AvgIpc) is 2.08. The molecule has 0 heterocycles. The van der Waals surface area contributed by atoms with Gasteiger partial charge in [0.2, 0.25) is 0 Å². The van der Waals surface area contributed by atoms with E-state index in [1.807, 2.05) is 13.0 Å². The number of aryl methyl sites for hydroxylation is 2. The summed E-state index contributed by atoms with van der Waals surface area (Å²) in [5.74, 6) is 0.983. The quantitative estimate of drug-likeness (QED) is 0.658. The minimum Gasteiger partial charge on any atom is -0.493 e. The average molecular weight is 190 g/mol. The highest BCUT2D eigenvalue weighted by atomic mass is 16.5. The Bertz CT molecular complexity index is 326. The number of hydrogen-bond donors (Lipinski definition) is 0. The molecule has 0 saturated carbocycles. The Morgan fingerprint density at radius 2 is 2.07 bits per heavy atom. The van der Waals surface area contributed by atoms with Gasteiger partial charge >= 0.3 is 0 Å². The maximum absolute atomic E-state index is 5.64. The lowest BCUT2D eigenvalue weighted by atomic mass is 10.1. The number of rotatable bonds is 4. The molecule has 0 bridgehead atoms. The van der Waals surface area contributed by atoms with Gasteiger partial charge in [0.15, 0.2) is 0 Å². The van der Waals surface area contributed by atoms with Gasteiger partial charge in [0.05, 0.1) is 6.61 Å². The van der Waals surface area contributed by atoms with Gasteiger partial charge in [-0.3, -0.25) is 0 Å². The maximum atomic E-state index is 5.64. The van der Waals surface area contributed by atoms with Gasteiger partial charge in [-0.25, -0.2) is 0 Å². The van der Waals surface area contributed by atoms with E-state index in [9.17, 15) is 0 Å². The van der Waals surface area contributed by atoms with E-state index >= 15 is 0 Å². The first kappa shape index (κ1) is 10.8. The zero-order chi connectivity index (χ0) is 10.6. The van der Waals surface area contributed by atoms with Gasteiger partial charge in [-0.05, 0) is 32.4 Å². The molecule has 0 amide bonds. The predicted octanol–water partition coefficient (Wildman–Crippen LogP) is 3.65. The van der Waals surface area contributed by atoms with Crippen molar-refractivity contribution in [3.05, 3.63) is 41.5 Å². The Hall–Kier alpha value is -1.24. The molecule has 0 saturated heterocycles. The van der Waals surface area contributed by atoms with Crippen molar-refractivity contribution in [3.8, 4) is 5.75 Å². The smallest absolute Gasteiger partial charge is 0.122 e. The van der Waals surface area contributed by atoms with Crippen molar-refractivity contribution >= 4 is 0 Å². The molecule has 0 unspecified atom stereocenters. The maximum Gasteiger partial charge on any atom is 0.122 e. The molecular weight excluding hydrogens is 172 g/mol. The third-order valence-corrected chi connectivity index (χ3v) is 2.12. The first-order valence-electron chi connectivity index (χ1n) is 4.94. The van der Waals surface area contributed by atoms with E-state index in [2.05, 4.69) is 32.6 Å². The number of ether oxygens (including phenoxy) is 1. The highest BCUT2D eigenvalue weighted by Gasteiger charge is 1.98. The van der Waals surface area contributed by atoms with Crippen LogP contribution in [0.2, 0.25) is 0 Å². The Kier molecular flexibility index (Phi) is 3.75. The third-order valence-electron chi connectivity index (χ3n) is 2.12. The second-order valence-corrected chi connectivity index (χ2v) is 3.82. The Balaban J connectivity index is 2.55. The fraction of sp³-hybridized carbons (Fsp3) is 0.385. The van der Waals surface area contributed by atoms with E-state index < -0.39 is 0 Å². The van der Waals surface area contributed by atoms with Crippen molar-refractivity contribution in [3.63, 3.8) is 0 Å². The van der Waals surface area contributed by atoms with Crippen molar-refractivity contribution < 1.29 is 4.74 Å². The Morgan fingerprint density at radius 1 is 1.36 bits per heavy atom. The van der Waals surface area contributed by atoms with Gasteiger partial charge in [0.25, 0.3) is 0 Å². The van der Waals surface area contributed by atoms with Crippen molar-refractivity contribution in [2.45, 2.75) is 27.2 Å². The molecule has 0 atom stereocenters. The summed E-state index contributed by atoms with van der Waals surface area (Å²) in [6.07, 6.45) is 0.924. The first-order valence-corrected chi connectivity index (χ1v) is 4.94. The van der Waals surface area contributed by atoms with E-state index in [0.717, 1.165) is 24.4 Å². The lowest BCUT2D eigenvalue weighted by Crippen LogP contribution is -1.99. The van der Waals surface area contributed by atoms with Crippen LogP contribution in [0, 0.1) is 13.8 Å². The van der Waals surface area contributed by atoms with Gasteiger partial charge in [-0.2, -0.15) is 0 Å². The molecule has 0 fully saturated rings. The summed E-state index contributed by atoms with van der Waals surface area (Å²) < 4.78 is 5.64. The van der Waals surface area contributed by atoms with Crippen molar-refractivity contribution in [2.24, 2.45) is 0 Å². The number of hydrogen-bond acceptors (Lipinski definition) is 1. The molecule has 76 valence electrons. The van der Waals surface area contributed by atoms with Crippen LogP contribution in [0.5, 0.6) is 5.75 Å². The number of benzene rings is 1.